The van der Waals surface area contributed by atoms with Crippen LogP contribution >= 0.6 is 0 Å². The van der Waals surface area contributed by atoms with Gasteiger partial charge in [-0.3, -0.25) is 4.79 Å². The average molecular weight is 257 g/mol. The lowest BCUT2D eigenvalue weighted by atomic mass is 9.78. The third-order valence-electron chi connectivity index (χ3n) is 3.86. The van der Waals surface area contributed by atoms with E-state index < -0.39 is 5.97 Å². The largest absolute Gasteiger partial charge is 0.481 e. The highest BCUT2D eigenvalue weighted by Crippen LogP contribution is 2.31. The highest BCUT2D eigenvalue weighted by molar-refractivity contribution is 5.71. The van der Waals surface area contributed by atoms with E-state index in [1.165, 1.54) is 0 Å². The number of nitrogens with zero attached hydrogens (tertiary/aromatic N) is 1. The number of hydrogen-bond donors (Lipinski definition) is 1. The molecule has 0 heterocycles. The molecule has 1 fully saturated rings. The van der Waals surface area contributed by atoms with Crippen LogP contribution in [0.1, 0.15) is 40.0 Å². The molecule has 1 aliphatic carbocycles. The maximum absolute atomic E-state index is 11.3. The first-order chi connectivity index (χ1) is 8.41. The van der Waals surface area contributed by atoms with Crippen molar-refractivity contribution in [2.45, 2.75) is 52.2 Å². The Morgan fingerprint density at radius 1 is 1.44 bits per heavy atom. The van der Waals surface area contributed by atoms with Gasteiger partial charge < -0.3 is 14.7 Å². The third kappa shape index (κ3) is 4.58. The van der Waals surface area contributed by atoms with E-state index in [4.69, 9.17) is 4.74 Å². The molecule has 0 aliphatic heterocycles. The Morgan fingerprint density at radius 3 is 2.67 bits per heavy atom. The molecule has 0 saturated heterocycles. The predicted molar refractivity (Wildman–Crippen MR) is 71.6 cm³/mol. The van der Waals surface area contributed by atoms with Gasteiger partial charge >= 0.3 is 5.97 Å². The number of likely N-dealkylation sites (N-methyl/N-ethyl adjacent to an activating group) is 1. The van der Waals surface area contributed by atoms with E-state index in [9.17, 15) is 9.90 Å². The summed E-state index contributed by atoms with van der Waals surface area (Å²) >= 11 is 0. The molecule has 0 aromatic carbocycles. The fourth-order valence-electron chi connectivity index (χ4n) is 2.72. The molecule has 18 heavy (non-hydrogen) atoms. The van der Waals surface area contributed by atoms with Crippen molar-refractivity contribution in [3.05, 3.63) is 0 Å². The first-order valence-corrected chi connectivity index (χ1v) is 6.96. The van der Waals surface area contributed by atoms with Gasteiger partial charge in [-0.15, -0.1) is 0 Å². The second kappa shape index (κ2) is 7.10. The van der Waals surface area contributed by atoms with Crippen LogP contribution in [0.2, 0.25) is 0 Å². The summed E-state index contributed by atoms with van der Waals surface area (Å²) in [7, 11) is 2.02. The number of carboxylic acids is 1. The summed E-state index contributed by atoms with van der Waals surface area (Å²) in [5, 5.41) is 9.30. The van der Waals surface area contributed by atoms with Gasteiger partial charge in [0.25, 0.3) is 0 Å². The summed E-state index contributed by atoms with van der Waals surface area (Å²) in [5.74, 6) is -0.243. The molecule has 3 unspecified atom stereocenters. The van der Waals surface area contributed by atoms with Crippen LogP contribution in [0.4, 0.5) is 0 Å². The van der Waals surface area contributed by atoms with E-state index in [-0.39, 0.29) is 18.1 Å². The Balaban J connectivity index is 2.50. The summed E-state index contributed by atoms with van der Waals surface area (Å²) in [6, 6.07) is 0.155. The molecule has 4 heteroatoms. The summed E-state index contributed by atoms with van der Waals surface area (Å²) in [6.07, 6.45) is 3.05. The Hall–Kier alpha value is -0.610. The Labute approximate surface area is 110 Å². The Morgan fingerprint density at radius 2 is 2.11 bits per heavy atom. The SMILES string of the molecule is CC1CCC(C(=O)O)C(N(C)CCOC(C)C)C1. The minimum absolute atomic E-state index is 0.155. The standard InChI is InChI=1S/C14H27NO3/c1-10(2)18-8-7-15(4)13-9-11(3)5-6-12(13)14(16)17/h10-13H,5-9H2,1-4H3,(H,16,17). The normalized spacial score (nSPS) is 28.9. The zero-order valence-electron chi connectivity index (χ0n) is 12.1. The lowest BCUT2D eigenvalue weighted by Crippen LogP contribution is -2.46. The Kier molecular flexibility index (Phi) is 6.09. The van der Waals surface area contributed by atoms with Gasteiger partial charge in [0.1, 0.15) is 0 Å². The number of aliphatic carboxylic acids is 1. The van der Waals surface area contributed by atoms with Gasteiger partial charge in [0.2, 0.25) is 0 Å². The van der Waals surface area contributed by atoms with Crippen LogP contribution in [0.5, 0.6) is 0 Å². The zero-order valence-corrected chi connectivity index (χ0v) is 12.1. The number of ether oxygens (including phenoxy) is 1. The van der Waals surface area contributed by atoms with Crippen LogP contribution in [-0.4, -0.2) is 48.3 Å². The molecule has 0 spiro atoms. The van der Waals surface area contributed by atoms with Crippen molar-refractivity contribution in [2.75, 3.05) is 20.2 Å². The monoisotopic (exact) mass is 257 g/mol. The number of carboxylic acid groups (broad SMARTS) is 1. The van der Waals surface area contributed by atoms with Gasteiger partial charge in [0, 0.05) is 12.6 Å². The molecule has 4 nitrogen and oxygen atoms in total. The van der Waals surface area contributed by atoms with Crippen molar-refractivity contribution in [2.24, 2.45) is 11.8 Å². The third-order valence-corrected chi connectivity index (χ3v) is 3.86. The van der Waals surface area contributed by atoms with E-state index in [0.29, 0.717) is 12.5 Å². The molecule has 0 aromatic heterocycles. The van der Waals surface area contributed by atoms with Crippen molar-refractivity contribution in [1.82, 2.24) is 4.90 Å². The minimum atomic E-state index is -0.650. The van der Waals surface area contributed by atoms with E-state index in [0.717, 1.165) is 25.8 Å². The van der Waals surface area contributed by atoms with E-state index >= 15 is 0 Å². The second-order valence-electron chi connectivity index (χ2n) is 5.83. The highest BCUT2D eigenvalue weighted by atomic mass is 16.5. The molecular formula is C14H27NO3. The summed E-state index contributed by atoms with van der Waals surface area (Å²) in [4.78, 5) is 13.5. The first-order valence-electron chi connectivity index (χ1n) is 6.96. The smallest absolute Gasteiger partial charge is 0.308 e. The van der Waals surface area contributed by atoms with Gasteiger partial charge in [-0.1, -0.05) is 6.92 Å². The quantitative estimate of drug-likeness (QED) is 0.793. The molecule has 1 rings (SSSR count). The van der Waals surface area contributed by atoms with Crippen LogP contribution in [0.25, 0.3) is 0 Å². The molecule has 0 bridgehead atoms. The molecule has 0 aromatic rings. The molecule has 3 atom stereocenters. The van der Waals surface area contributed by atoms with Crippen molar-refractivity contribution in [1.29, 1.82) is 0 Å². The van der Waals surface area contributed by atoms with E-state index in [2.05, 4.69) is 11.8 Å². The maximum atomic E-state index is 11.3. The van der Waals surface area contributed by atoms with E-state index in [1.54, 1.807) is 0 Å². The van der Waals surface area contributed by atoms with Gasteiger partial charge in [0.15, 0.2) is 0 Å². The predicted octanol–water partition coefficient (Wildman–Crippen LogP) is 2.23. The lowest BCUT2D eigenvalue weighted by molar-refractivity contribution is -0.146. The average Bonchev–Trinajstić information content (AvgIpc) is 2.27. The van der Waals surface area contributed by atoms with Crippen molar-refractivity contribution >= 4 is 5.97 Å². The molecule has 0 amide bonds. The highest BCUT2D eigenvalue weighted by Gasteiger charge is 2.35. The van der Waals surface area contributed by atoms with Crippen LogP contribution in [0.3, 0.4) is 0 Å². The summed E-state index contributed by atoms with van der Waals surface area (Å²) in [6.45, 7) is 7.72. The molecular weight excluding hydrogens is 230 g/mol. The van der Waals surface area contributed by atoms with Crippen LogP contribution in [0.15, 0.2) is 0 Å². The maximum Gasteiger partial charge on any atom is 0.308 e. The molecule has 0 radical (unpaired) electrons. The van der Waals surface area contributed by atoms with Crippen molar-refractivity contribution in [3.8, 4) is 0 Å². The number of carbonyl (C=O) groups is 1. The lowest BCUT2D eigenvalue weighted by Gasteiger charge is -2.38. The summed E-state index contributed by atoms with van der Waals surface area (Å²) in [5.41, 5.74) is 0. The molecule has 106 valence electrons. The fraction of sp³-hybridized carbons (Fsp3) is 0.929. The molecule has 1 saturated carbocycles. The van der Waals surface area contributed by atoms with Crippen LogP contribution in [-0.2, 0) is 9.53 Å². The summed E-state index contributed by atoms with van der Waals surface area (Å²) < 4.78 is 5.54. The first kappa shape index (κ1) is 15.4. The van der Waals surface area contributed by atoms with Gasteiger partial charge in [-0.2, -0.15) is 0 Å². The topological polar surface area (TPSA) is 49.8 Å². The fourth-order valence-corrected chi connectivity index (χ4v) is 2.72. The molecule has 1 N–H and O–H groups in total. The molecule has 1 aliphatic rings. The van der Waals surface area contributed by atoms with Crippen molar-refractivity contribution < 1.29 is 14.6 Å². The zero-order chi connectivity index (χ0) is 13.7. The van der Waals surface area contributed by atoms with Crippen molar-refractivity contribution in [3.63, 3.8) is 0 Å². The Bertz CT molecular complexity index is 268. The van der Waals surface area contributed by atoms with Crippen LogP contribution < -0.4 is 0 Å². The van der Waals surface area contributed by atoms with Gasteiger partial charge in [0.05, 0.1) is 18.6 Å². The van der Waals surface area contributed by atoms with Crippen LogP contribution in [0, 0.1) is 11.8 Å². The second-order valence-corrected chi connectivity index (χ2v) is 5.83. The van der Waals surface area contributed by atoms with E-state index in [1.807, 2.05) is 20.9 Å². The van der Waals surface area contributed by atoms with Gasteiger partial charge in [-0.25, -0.2) is 0 Å². The minimum Gasteiger partial charge on any atom is -0.481 e. The van der Waals surface area contributed by atoms with Gasteiger partial charge in [-0.05, 0) is 46.1 Å². The number of rotatable bonds is 6. The number of hydrogen-bond acceptors (Lipinski definition) is 3.